The van der Waals surface area contributed by atoms with Crippen molar-refractivity contribution in [3.05, 3.63) is 95.0 Å². The van der Waals surface area contributed by atoms with Crippen molar-refractivity contribution in [3.63, 3.8) is 0 Å². The van der Waals surface area contributed by atoms with Gasteiger partial charge in [-0.25, -0.2) is 13.8 Å². The van der Waals surface area contributed by atoms with Gasteiger partial charge >= 0.3 is 29.6 Å². The monoisotopic (exact) mass is 436 g/mol. The fraction of sp³-hybridized carbons (Fsp3) is 0.143. The Morgan fingerprint density at radius 3 is 2.10 bits per heavy atom. The van der Waals surface area contributed by atoms with E-state index < -0.39 is 10.1 Å². The van der Waals surface area contributed by atoms with Gasteiger partial charge in [0.15, 0.2) is 0 Å². The average Bonchev–Trinajstić information content (AvgIpc) is 3.14. The van der Waals surface area contributed by atoms with E-state index in [1.807, 2.05) is 47.5 Å². The van der Waals surface area contributed by atoms with E-state index in [1.54, 1.807) is 12.1 Å². The molecule has 0 bridgehead atoms. The van der Waals surface area contributed by atoms with Gasteiger partial charge < -0.3 is 9.56 Å². The molecular weight excluding hydrogens is 419 g/mol. The molecule has 0 saturated carbocycles. The van der Waals surface area contributed by atoms with Crippen molar-refractivity contribution >= 4 is 27.4 Å². The summed E-state index contributed by atoms with van der Waals surface area (Å²) in [5, 5.41) is 2.71. The Kier molecular flexibility index (Phi) is 7.06. The van der Waals surface area contributed by atoms with Crippen molar-refractivity contribution in [2.75, 3.05) is 5.01 Å². The summed E-state index contributed by atoms with van der Waals surface area (Å²) in [6, 6.07) is 24.0. The molecule has 0 radical (unpaired) electrons. The zero-order chi connectivity index (χ0) is 19.7. The first-order valence-electron chi connectivity index (χ1n) is 8.83. The fourth-order valence-corrected chi connectivity index (χ4v) is 4.13. The molecule has 1 aliphatic heterocycles. The molecule has 0 spiro atoms. The van der Waals surface area contributed by atoms with E-state index in [-0.39, 0.29) is 46.5 Å². The van der Waals surface area contributed by atoms with Crippen LogP contribution >= 0.6 is 11.6 Å². The van der Waals surface area contributed by atoms with Gasteiger partial charge in [-0.1, -0.05) is 54.1 Å². The molecule has 8 heteroatoms. The Labute approximate surface area is 197 Å². The van der Waals surface area contributed by atoms with Crippen LogP contribution in [0.25, 0.3) is 0 Å². The molecule has 0 aromatic heterocycles. The van der Waals surface area contributed by atoms with Crippen LogP contribution in [0.15, 0.2) is 83.8 Å². The summed E-state index contributed by atoms with van der Waals surface area (Å²) in [5.74, 6) is 0. The average molecular weight is 437 g/mol. The number of halogens is 1. The molecule has 0 aliphatic carbocycles. The number of nitrogens with one attached hydrogen (secondary N) is 1. The molecule has 3 aromatic carbocycles. The van der Waals surface area contributed by atoms with Gasteiger partial charge in [0.05, 0.1) is 22.7 Å². The Morgan fingerprint density at radius 1 is 0.897 bits per heavy atom. The molecule has 144 valence electrons. The minimum Gasteiger partial charge on any atom is -0.744 e. The maximum Gasteiger partial charge on any atom is 1.00 e. The minimum atomic E-state index is -4.47. The molecule has 3 aromatic rings. The van der Waals surface area contributed by atoms with E-state index in [2.05, 4.69) is 17.6 Å². The SMILES string of the molecule is O=S(=O)([O-])c1ccc(N2NC(c3ccc(Cl)cc3)CC2c2ccccc2)cc1.[Na+]. The third kappa shape index (κ3) is 5.03. The molecule has 29 heavy (non-hydrogen) atoms. The van der Waals surface area contributed by atoms with Crippen molar-refractivity contribution in [3.8, 4) is 0 Å². The van der Waals surface area contributed by atoms with Crippen molar-refractivity contribution in [2.24, 2.45) is 0 Å². The molecule has 0 amide bonds. The van der Waals surface area contributed by atoms with Gasteiger partial charge in [-0.15, -0.1) is 0 Å². The molecule has 1 saturated heterocycles. The van der Waals surface area contributed by atoms with Crippen LogP contribution in [0.3, 0.4) is 0 Å². The quantitative estimate of drug-likeness (QED) is 0.495. The third-order valence-corrected chi connectivity index (χ3v) is 6.03. The number of rotatable bonds is 4. The third-order valence-electron chi connectivity index (χ3n) is 4.93. The summed E-state index contributed by atoms with van der Waals surface area (Å²) in [4.78, 5) is -0.235. The second kappa shape index (κ2) is 9.18. The second-order valence-electron chi connectivity index (χ2n) is 6.71. The van der Waals surface area contributed by atoms with Crippen LogP contribution in [0.5, 0.6) is 0 Å². The van der Waals surface area contributed by atoms with Crippen molar-refractivity contribution in [1.29, 1.82) is 0 Å². The number of benzene rings is 3. The summed E-state index contributed by atoms with van der Waals surface area (Å²) in [5.41, 5.74) is 6.56. The molecule has 1 heterocycles. The van der Waals surface area contributed by atoms with Gasteiger partial charge in [-0.05, 0) is 53.9 Å². The first kappa shape index (κ1) is 22.3. The van der Waals surface area contributed by atoms with Gasteiger partial charge in [0.2, 0.25) is 0 Å². The molecule has 2 atom stereocenters. The maximum atomic E-state index is 11.2. The van der Waals surface area contributed by atoms with Crippen LogP contribution in [0.1, 0.15) is 29.6 Å². The molecule has 1 aliphatic rings. The standard InChI is InChI=1S/C21H19ClN2O3S.Na/c22-17-8-6-15(7-9-17)20-14-21(16-4-2-1-3-5-16)24(23-20)18-10-12-19(13-11-18)28(25,26)27;/h1-13,20-21,23H,14H2,(H,25,26,27);/q;+1/p-1. The Bertz CT molecular complexity index is 1060. The van der Waals surface area contributed by atoms with Gasteiger partial charge in [-0.2, -0.15) is 0 Å². The van der Waals surface area contributed by atoms with Gasteiger partial charge in [0, 0.05) is 5.02 Å². The van der Waals surface area contributed by atoms with E-state index >= 15 is 0 Å². The Morgan fingerprint density at radius 2 is 1.52 bits per heavy atom. The molecule has 5 nitrogen and oxygen atoms in total. The topological polar surface area (TPSA) is 72.5 Å². The fourth-order valence-electron chi connectivity index (χ4n) is 3.53. The summed E-state index contributed by atoms with van der Waals surface area (Å²) < 4.78 is 33.7. The summed E-state index contributed by atoms with van der Waals surface area (Å²) in [6.45, 7) is 0. The number of hydrogen-bond donors (Lipinski definition) is 1. The number of hydrazine groups is 1. The largest absolute Gasteiger partial charge is 1.00 e. The van der Waals surface area contributed by atoms with E-state index in [0.717, 1.165) is 23.2 Å². The van der Waals surface area contributed by atoms with Crippen LogP contribution in [0.4, 0.5) is 5.69 Å². The number of anilines is 1. The van der Waals surface area contributed by atoms with Crippen LogP contribution in [-0.2, 0) is 10.1 Å². The second-order valence-corrected chi connectivity index (χ2v) is 8.53. The van der Waals surface area contributed by atoms with Crippen molar-refractivity contribution in [2.45, 2.75) is 23.4 Å². The number of hydrogen-bond acceptors (Lipinski definition) is 5. The van der Waals surface area contributed by atoms with E-state index in [1.165, 1.54) is 12.1 Å². The Balaban J connectivity index is 0.00000240. The zero-order valence-electron chi connectivity index (χ0n) is 15.8. The van der Waals surface area contributed by atoms with Crippen molar-refractivity contribution < 1.29 is 42.5 Å². The van der Waals surface area contributed by atoms with E-state index in [9.17, 15) is 13.0 Å². The van der Waals surface area contributed by atoms with Crippen LogP contribution < -0.4 is 40.0 Å². The molecule has 2 unspecified atom stereocenters. The van der Waals surface area contributed by atoms with Gasteiger partial charge in [-0.3, -0.25) is 0 Å². The first-order chi connectivity index (χ1) is 13.4. The smallest absolute Gasteiger partial charge is 0.744 e. The van der Waals surface area contributed by atoms with Crippen molar-refractivity contribution in [1.82, 2.24) is 5.43 Å². The minimum absolute atomic E-state index is 0. The Hall–Kier alpha value is -1.38. The van der Waals surface area contributed by atoms with E-state index in [4.69, 9.17) is 11.6 Å². The predicted octanol–water partition coefficient (Wildman–Crippen LogP) is 1.45. The van der Waals surface area contributed by atoms with Crippen LogP contribution in [-0.4, -0.2) is 13.0 Å². The molecular formula is C21H18ClN2NaO3S. The summed E-state index contributed by atoms with van der Waals surface area (Å²) in [7, 11) is -4.47. The van der Waals surface area contributed by atoms with E-state index in [0.29, 0.717) is 5.02 Å². The normalized spacial score (nSPS) is 19.0. The zero-order valence-corrected chi connectivity index (χ0v) is 19.4. The predicted molar refractivity (Wildman–Crippen MR) is 108 cm³/mol. The molecule has 1 N–H and O–H groups in total. The van der Waals surface area contributed by atoms with Crippen LogP contribution in [0, 0.1) is 0 Å². The molecule has 4 rings (SSSR count). The van der Waals surface area contributed by atoms with Gasteiger partial charge in [0.25, 0.3) is 0 Å². The van der Waals surface area contributed by atoms with Gasteiger partial charge in [0.1, 0.15) is 10.1 Å². The number of nitrogens with zero attached hydrogens (tertiary/aromatic N) is 1. The maximum absolute atomic E-state index is 11.2. The summed E-state index contributed by atoms with van der Waals surface area (Å²) >= 11 is 6.01. The summed E-state index contributed by atoms with van der Waals surface area (Å²) in [6.07, 6.45) is 0.827. The first-order valence-corrected chi connectivity index (χ1v) is 10.6. The molecule has 1 fully saturated rings. The van der Waals surface area contributed by atoms with Crippen LogP contribution in [0.2, 0.25) is 5.02 Å².